The smallest absolute Gasteiger partial charge is 0.133 e. The van der Waals surface area contributed by atoms with Gasteiger partial charge in [-0.25, -0.2) is 9.37 Å². The Morgan fingerprint density at radius 2 is 1.94 bits per heavy atom. The number of nitrogens with one attached hydrogen (secondary N) is 1. The lowest BCUT2D eigenvalue weighted by atomic mass is 10.1. The van der Waals surface area contributed by atoms with Crippen LogP contribution < -0.4 is 11.1 Å². The summed E-state index contributed by atoms with van der Waals surface area (Å²) in [6.07, 6.45) is 0. The van der Waals surface area contributed by atoms with Gasteiger partial charge in [-0.05, 0) is 30.7 Å². The summed E-state index contributed by atoms with van der Waals surface area (Å²) >= 11 is 5.82. The van der Waals surface area contributed by atoms with E-state index in [0.29, 0.717) is 16.7 Å². The second-order valence-corrected chi connectivity index (χ2v) is 4.41. The van der Waals surface area contributed by atoms with Crippen LogP contribution >= 0.6 is 11.6 Å². The molecule has 0 aliphatic carbocycles. The van der Waals surface area contributed by atoms with Crippen molar-refractivity contribution in [1.82, 2.24) is 4.98 Å². The average Bonchev–Trinajstić information content (AvgIpc) is 2.28. The van der Waals surface area contributed by atoms with Gasteiger partial charge in [0, 0.05) is 17.8 Å². The molecule has 1 heterocycles. The topological polar surface area (TPSA) is 50.9 Å². The van der Waals surface area contributed by atoms with Gasteiger partial charge in [0.15, 0.2) is 0 Å². The first kappa shape index (κ1) is 12.6. The van der Waals surface area contributed by atoms with Crippen molar-refractivity contribution in [2.45, 2.75) is 13.0 Å². The maximum atomic E-state index is 12.8. The van der Waals surface area contributed by atoms with Crippen LogP contribution in [0.4, 0.5) is 15.9 Å². The minimum atomic E-state index is -0.254. The summed E-state index contributed by atoms with van der Waals surface area (Å²) in [5, 5.41) is 3.50. The zero-order valence-corrected chi connectivity index (χ0v) is 10.6. The Bertz CT molecular complexity index is 522. The number of hydrogen-bond donors (Lipinski definition) is 2. The Balaban J connectivity index is 2.15. The fourth-order valence-electron chi connectivity index (χ4n) is 1.65. The Morgan fingerprint density at radius 1 is 1.28 bits per heavy atom. The molecule has 1 atom stereocenters. The van der Waals surface area contributed by atoms with Crippen LogP contribution in [-0.4, -0.2) is 4.98 Å². The normalized spacial score (nSPS) is 12.2. The Morgan fingerprint density at radius 3 is 2.56 bits per heavy atom. The van der Waals surface area contributed by atoms with Gasteiger partial charge in [-0.15, -0.1) is 0 Å². The summed E-state index contributed by atoms with van der Waals surface area (Å²) in [7, 11) is 0. The van der Waals surface area contributed by atoms with Gasteiger partial charge in [-0.2, -0.15) is 0 Å². The van der Waals surface area contributed by atoms with E-state index < -0.39 is 0 Å². The predicted octanol–water partition coefficient (Wildman–Crippen LogP) is 3.63. The van der Waals surface area contributed by atoms with E-state index in [1.165, 1.54) is 12.1 Å². The molecule has 0 aliphatic heterocycles. The summed E-state index contributed by atoms with van der Waals surface area (Å²) in [5.41, 5.74) is 7.18. The summed E-state index contributed by atoms with van der Waals surface area (Å²) in [6.45, 7) is 1.95. The molecule has 94 valence electrons. The molecule has 0 aliphatic rings. The number of pyridine rings is 1. The molecule has 1 aromatic carbocycles. The first-order chi connectivity index (χ1) is 8.54. The zero-order chi connectivity index (χ0) is 13.1. The number of hydrogen-bond acceptors (Lipinski definition) is 3. The van der Waals surface area contributed by atoms with E-state index in [1.54, 1.807) is 24.3 Å². The molecule has 0 radical (unpaired) electrons. The fraction of sp³-hybridized carbons (Fsp3) is 0.154. The van der Waals surface area contributed by atoms with Crippen molar-refractivity contribution in [3.05, 3.63) is 52.9 Å². The number of benzene rings is 1. The minimum absolute atomic E-state index is 0.0176. The maximum Gasteiger partial charge on any atom is 0.133 e. The number of halogens is 2. The third kappa shape index (κ3) is 3.11. The molecule has 3 N–H and O–H groups in total. The second-order valence-electron chi connectivity index (χ2n) is 4.03. The summed E-state index contributed by atoms with van der Waals surface area (Å²) in [5.74, 6) is 0.341. The summed E-state index contributed by atoms with van der Waals surface area (Å²) in [4.78, 5) is 4.12. The van der Waals surface area contributed by atoms with Crippen molar-refractivity contribution < 1.29 is 4.39 Å². The van der Waals surface area contributed by atoms with Crippen molar-refractivity contribution in [2.75, 3.05) is 11.1 Å². The molecule has 0 saturated heterocycles. The highest BCUT2D eigenvalue weighted by Crippen LogP contribution is 2.21. The molecule has 0 spiro atoms. The highest BCUT2D eigenvalue weighted by atomic mass is 35.5. The molecule has 0 fully saturated rings. The van der Waals surface area contributed by atoms with E-state index in [1.807, 2.05) is 6.92 Å². The highest BCUT2D eigenvalue weighted by molar-refractivity contribution is 6.29. The highest BCUT2D eigenvalue weighted by Gasteiger charge is 2.07. The molecule has 2 rings (SSSR count). The van der Waals surface area contributed by atoms with E-state index in [0.717, 1.165) is 5.56 Å². The van der Waals surface area contributed by atoms with E-state index in [4.69, 9.17) is 17.3 Å². The molecular formula is C13H13ClFN3. The number of anilines is 2. The number of rotatable bonds is 3. The van der Waals surface area contributed by atoms with Gasteiger partial charge < -0.3 is 11.1 Å². The largest absolute Gasteiger partial charge is 0.399 e. The number of nitrogens with two attached hydrogens (primary N) is 1. The number of aromatic nitrogens is 1. The maximum absolute atomic E-state index is 12.8. The van der Waals surface area contributed by atoms with E-state index in [9.17, 15) is 4.39 Å². The van der Waals surface area contributed by atoms with Crippen molar-refractivity contribution in [3.63, 3.8) is 0 Å². The second kappa shape index (κ2) is 5.23. The lowest BCUT2D eigenvalue weighted by molar-refractivity contribution is 0.626. The lowest BCUT2D eigenvalue weighted by Gasteiger charge is -2.15. The van der Waals surface area contributed by atoms with Crippen molar-refractivity contribution >= 4 is 23.1 Å². The minimum Gasteiger partial charge on any atom is -0.399 e. The van der Waals surface area contributed by atoms with E-state index >= 15 is 0 Å². The van der Waals surface area contributed by atoms with Crippen LogP contribution in [0.2, 0.25) is 5.15 Å². The standard InChI is InChI=1S/C13H13ClFN3/c1-8(9-2-4-10(15)5-3-9)17-13-7-11(16)6-12(14)18-13/h2-8H,1H3,(H3,16,17,18). The van der Waals surface area contributed by atoms with Gasteiger partial charge in [-0.3, -0.25) is 0 Å². The van der Waals surface area contributed by atoms with Crippen LogP contribution in [0.5, 0.6) is 0 Å². The molecule has 5 heteroatoms. The van der Waals surface area contributed by atoms with Crippen LogP contribution in [-0.2, 0) is 0 Å². The Kier molecular flexibility index (Phi) is 3.67. The molecular weight excluding hydrogens is 253 g/mol. The third-order valence-corrected chi connectivity index (χ3v) is 2.74. The van der Waals surface area contributed by atoms with Crippen LogP contribution in [0.15, 0.2) is 36.4 Å². The predicted molar refractivity (Wildman–Crippen MR) is 72.1 cm³/mol. The van der Waals surface area contributed by atoms with Gasteiger partial charge in [0.25, 0.3) is 0 Å². The van der Waals surface area contributed by atoms with Crippen molar-refractivity contribution in [1.29, 1.82) is 0 Å². The monoisotopic (exact) mass is 265 g/mol. The Labute approximate surface area is 110 Å². The fourth-order valence-corrected chi connectivity index (χ4v) is 1.86. The van der Waals surface area contributed by atoms with Gasteiger partial charge >= 0.3 is 0 Å². The van der Waals surface area contributed by atoms with Crippen LogP contribution in [0.1, 0.15) is 18.5 Å². The zero-order valence-electron chi connectivity index (χ0n) is 9.82. The molecule has 0 saturated carbocycles. The molecule has 2 aromatic rings. The van der Waals surface area contributed by atoms with E-state index in [2.05, 4.69) is 10.3 Å². The van der Waals surface area contributed by atoms with Crippen LogP contribution in [0.25, 0.3) is 0 Å². The first-order valence-corrected chi connectivity index (χ1v) is 5.87. The van der Waals surface area contributed by atoms with E-state index in [-0.39, 0.29) is 11.9 Å². The number of nitrogen functional groups attached to an aromatic ring is 1. The lowest BCUT2D eigenvalue weighted by Crippen LogP contribution is -2.08. The Hall–Kier alpha value is -1.81. The molecule has 1 aromatic heterocycles. The first-order valence-electron chi connectivity index (χ1n) is 5.49. The molecule has 0 bridgehead atoms. The molecule has 0 amide bonds. The van der Waals surface area contributed by atoms with Gasteiger partial charge in [-0.1, -0.05) is 23.7 Å². The third-order valence-electron chi connectivity index (χ3n) is 2.55. The SMILES string of the molecule is CC(Nc1cc(N)cc(Cl)n1)c1ccc(F)cc1. The molecule has 3 nitrogen and oxygen atoms in total. The quantitative estimate of drug-likeness (QED) is 0.833. The summed E-state index contributed by atoms with van der Waals surface area (Å²) in [6, 6.07) is 9.56. The average molecular weight is 266 g/mol. The van der Waals surface area contributed by atoms with Crippen molar-refractivity contribution in [2.24, 2.45) is 0 Å². The van der Waals surface area contributed by atoms with Crippen LogP contribution in [0.3, 0.4) is 0 Å². The van der Waals surface area contributed by atoms with Gasteiger partial charge in [0.05, 0.1) is 0 Å². The van der Waals surface area contributed by atoms with Gasteiger partial charge in [0.1, 0.15) is 16.8 Å². The summed E-state index contributed by atoms with van der Waals surface area (Å²) < 4.78 is 12.8. The van der Waals surface area contributed by atoms with Gasteiger partial charge in [0.2, 0.25) is 0 Å². The van der Waals surface area contributed by atoms with Crippen molar-refractivity contribution in [3.8, 4) is 0 Å². The molecule has 18 heavy (non-hydrogen) atoms. The molecule has 1 unspecified atom stereocenters. The number of nitrogens with zero attached hydrogens (tertiary/aromatic N) is 1. The van der Waals surface area contributed by atoms with Crippen LogP contribution in [0, 0.1) is 5.82 Å².